The maximum atomic E-state index is 12.4. The molecule has 0 heterocycles. The normalized spacial score (nSPS) is 11.5. The monoisotopic (exact) mass is 424 g/mol. The van der Waals surface area contributed by atoms with E-state index in [1.165, 1.54) is 0 Å². The summed E-state index contributed by atoms with van der Waals surface area (Å²) in [6, 6.07) is 30.0. The van der Waals surface area contributed by atoms with Crippen molar-refractivity contribution in [3.05, 3.63) is 108 Å². The van der Waals surface area contributed by atoms with Gasteiger partial charge in [-0.2, -0.15) is 0 Å². The molecule has 160 valence electrons. The number of hydrogen-bond donors (Lipinski definition) is 2. The second-order valence-corrected chi connectivity index (χ2v) is 7.53. The molecule has 5 nitrogen and oxygen atoms in total. The number of carbonyl (C=O) groups excluding carboxylic acids is 2. The molecule has 4 aromatic carbocycles. The molecule has 1 unspecified atom stereocenters. The lowest BCUT2D eigenvalue weighted by molar-refractivity contribution is -0.123. The molecular formula is C27H24N2O3. The number of carbonyl (C=O) groups is 2. The van der Waals surface area contributed by atoms with E-state index in [0.29, 0.717) is 17.0 Å². The van der Waals surface area contributed by atoms with Crippen molar-refractivity contribution in [3.63, 3.8) is 0 Å². The first-order valence-corrected chi connectivity index (χ1v) is 10.5. The zero-order valence-electron chi connectivity index (χ0n) is 17.7. The molecule has 0 bridgehead atoms. The van der Waals surface area contributed by atoms with E-state index >= 15 is 0 Å². The third-order valence-electron chi connectivity index (χ3n) is 5.15. The van der Waals surface area contributed by atoms with Crippen LogP contribution < -0.4 is 15.4 Å². The molecule has 0 saturated heterocycles. The Hall–Kier alpha value is -4.12. The van der Waals surface area contributed by atoms with Gasteiger partial charge in [-0.1, -0.05) is 60.7 Å². The third-order valence-corrected chi connectivity index (χ3v) is 5.15. The first kappa shape index (κ1) is 21.1. The number of fused-ring (bicyclic) bond motifs is 1. The van der Waals surface area contributed by atoms with Crippen molar-refractivity contribution in [1.82, 2.24) is 5.32 Å². The summed E-state index contributed by atoms with van der Waals surface area (Å²) in [5.74, 6) is 0.254. The molecule has 4 aromatic rings. The fourth-order valence-electron chi connectivity index (χ4n) is 3.45. The summed E-state index contributed by atoms with van der Waals surface area (Å²) in [6.45, 7) is 1.82. The first-order valence-electron chi connectivity index (χ1n) is 10.5. The minimum atomic E-state index is -0.240. The number of benzene rings is 4. The summed E-state index contributed by atoms with van der Waals surface area (Å²) in [7, 11) is 0. The van der Waals surface area contributed by atoms with Crippen LogP contribution >= 0.6 is 0 Å². The third kappa shape index (κ3) is 5.32. The van der Waals surface area contributed by atoms with E-state index in [1.54, 1.807) is 12.1 Å². The minimum Gasteiger partial charge on any atom is -0.484 e. The Labute approximate surface area is 187 Å². The van der Waals surface area contributed by atoms with Crippen LogP contribution in [0.3, 0.4) is 0 Å². The highest BCUT2D eigenvalue weighted by atomic mass is 16.5. The van der Waals surface area contributed by atoms with E-state index in [2.05, 4.69) is 10.6 Å². The van der Waals surface area contributed by atoms with Crippen LogP contribution in [0.5, 0.6) is 5.75 Å². The standard InChI is InChI=1S/C27H24N2O3/c1-19(22-12-7-13-24(16-22)29-27(31)21-9-3-2-4-10-21)28-26(30)18-32-25-15-14-20-8-5-6-11-23(20)17-25/h2-17,19H,18H2,1H3,(H,28,30)(H,29,31). The maximum absolute atomic E-state index is 12.4. The topological polar surface area (TPSA) is 67.4 Å². The lowest BCUT2D eigenvalue weighted by Gasteiger charge is -2.16. The predicted octanol–water partition coefficient (Wildman–Crippen LogP) is 5.35. The van der Waals surface area contributed by atoms with Gasteiger partial charge in [-0.15, -0.1) is 0 Å². The van der Waals surface area contributed by atoms with Crippen LogP contribution in [0.15, 0.2) is 97.1 Å². The molecule has 4 rings (SSSR count). The molecule has 0 aliphatic heterocycles. The molecule has 2 N–H and O–H groups in total. The van der Waals surface area contributed by atoms with Crippen molar-refractivity contribution < 1.29 is 14.3 Å². The van der Waals surface area contributed by atoms with E-state index in [0.717, 1.165) is 16.3 Å². The molecule has 2 amide bonds. The molecule has 0 saturated carbocycles. The molecule has 5 heteroatoms. The second kappa shape index (κ2) is 9.79. The zero-order valence-corrected chi connectivity index (χ0v) is 17.7. The number of ether oxygens (including phenoxy) is 1. The molecule has 0 aliphatic rings. The van der Waals surface area contributed by atoms with Gasteiger partial charge in [0.1, 0.15) is 5.75 Å². The fraction of sp³-hybridized carbons (Fsp3) is 0.111. The van der Waals surface area contributed by atoms with E-state index < -0.39 is 0 Å². The Balaban J connectivity index is 1.33. The maximum Gasteiger partial charge on any atom is 0.258 e. The fourth-order valence-corrected chi connectivity index (χ4v) is 3.45. The number of rotatable bonds is 7. The van der Waals surface area contributed by atoms with Crippen LogP contribution in [0.2, 0.25) is 0 Å². The molecule has 0 aliphatic carbocycles. The van der Waals surface area contributed by atoms with Gasteiger partial charge >= 0.3 is 0 Å². The minimum absolute atomic E-state index is 0.0763. The van der Waals surface area contributed by atoms with Gasteiger partial charge in [0.15, 0.2) is 6.61 Å². The summed E-state index contributed by atoms with van der Waals surface area (Å²) in [4.78, 5) is 24.8. The number of amides is 2. The van der Waals surface area contributed by atoms with Crippen molar-refractivity contribution in [3.8, 4) is 5.75 Å². The Bertz CT molecular complexity index is 1240. The van der Waals surface area contributed by atoms with Gasteiger partial charge in [-0.05, 0) is 59.7 Å². The van der Waals surface area contributed by atoms with E-state index in [4.69, 9.17) is 4.74 Å². The summed E-state index contributed by atoms with van der Waals surface area (Å²) in [5.41, 5.74) is 2.14. The molecule has 0 radical (unpaired) electrons. The van der Waals surface area contributed by atoms with Crippen molar-refractivity contribution in [2.45, 2.75) is 13.0 Å². The Morgan fingerprint density at radius 3 is 2.38 bits per heavy atom. The Morgan fingerprint density at radius 1 is 0.812 bits per heavy atom. The van der Waals surface area contributed by atoms with Gasteiger partial charge in [-0.25, -0.2) is 0 Å². The van der Waals surface area contributed by atoms with Crippen LogP contribution in [-0.2, 0) is 4.79 Å². The van der Waals surface area contributed by atoms with Crippen molar-refractivity contribution in [2.24, 2.45) is 0 Å². The smallest absolute Gasteiger partial charge is 0.258 e. The van der Waals surface area contributed by atoms with Gasteiger partial charge in [-0.3, -0.25) is 9.59 Å². The molecule has 1 atom stereocenters. The van der Waals surface area contributed by atoms with Gasteiger partial charge in [0.2, 0.25) is 0 Å². The number of nitrogens with one attached hydrogen (secondary N) is 2. The Morgan fingerprint density at radius 2 is 1.56 bits per heavy atom. The van der Waals surface area contributed by atoms with Gasteiger partial charge in [0.05, 0.1) is 6.04 Å². The predicted molar refractivity (Wildman–Crippen MR) is 127 cm³/mol. The lowest BCUT2D eigenvalue weighted by Crippen LogP contribution is -2.31. The van der Waals surface area contributed by atoms with E-state index in [-0.39, 0.29) is 24.5 Å². The quantitative estimate of drug-likeness (QED) is 0.420. The van der Waals surface area contributed by atoms with Crippen LogP contribution in [0.25, 0.3) is 10.8 Å². The largest absolute Gasteiger partial charge is 0.484 e. The summed E-state index contributed by atoms with van der Waals surface area (Å²) < 4.78 is 5.67. The molecule has 0 aromatic heterocycles. The first-order chi connectivity index (χ1) is 15.6. The highest BCUT2D eigenvalue weighted by Crippen LogP contribution is 2.21. The van der Waals surface area contributed by atoms with Gasteiger partial charge in [0.25, 0.3) is 11.8 Å². The molecular weight excluding hydrogens is 400 g/mol. The van der Waals surface area contributed by atoms with Crippen molar-refractivity contribution in [1.29, 1.82) is 0 Å². The average molecular weight is 425 g/mol. The van der Waals surface area contributed by atoms with Gasteiger partial charge in [0, 0.05) is 11.3 Å². The molecule has 32 heavy (non-hydrogen) atoms. The van der Waals surface area contributed by atoms with Crippen molar-refractivity contribution in [2.75, 3.05) is 11.9 Å². The second-order valence-electron chi connectivity index (χ2n) is 7.53. The number of anilines is 1. The highest BCUT2D eigenvalue weighted by Gasteiger charge is 2.12. The van der Waals surface area contributed by atoms with E-state index in [1.807, 2.05) is 91.9 Å². The van der Waals surface area contributed by atoms with E-state index in [9.17, 15) is 9.59 Å². The van der Waals surface area contributed by atoms with Crippen LogP contribution in [0.1, 0.15) is 28.9 Å². The molecule has 0 spiro atoms. The zero-order chi connectivity index (χ0) is 22.3. The summed E-state index contributed by atoms with van der Waals surface area (Å²) in [6.07, 6.45) is 0. The average Bonchev–Trinajstić information content (AvgIpc) is 2.83. The van der Waals surface area contributed by atoms with Crippen LogP contribution in [0, 0.1) is 0 Å². The van der Waals surface area contributed by atoms with Crippen LogP contribution in [0.4, 0.5) is 5.69 Å². The lowest BCUT2D eigenvalue weighted by atomic mass is 10.1. The summed E-state index contributed by atoms with van der Waals surface area (Å²) in [5, 5.41) is 8.02. The van der Waals surface area contributed by atoms with Gasteiger partial charge < -0.3 is 15.4 Å². The number of hydrogen-bond acceptors (Lipinski definition) is 3. The Kier molecular flexibility index (Phi) is 6.46. The van der Waals surface area contributed by atoms with Crippen LogP contribution in [-0.4, -0.2) is 18.4 Å². The molecule has 0 fully saturated rings. The highest BCUT2D eigenvalue weighted by molar-refractivity contribution is 6.04. The SMILES string of the molecule is CC(NC(=O)COc1ccc2ccccc2c1)c1cccc(NC(=O)c2ccccc2)c1. The van der Waals surface area contributed by atoms with Crippen molar-refractivity contribution >= 4 is 28.3 Å². The summed E-state index contributed by atoms with van der Waals surface area (Å²) >= 11 is 0.